The number of hydrogen-bond acceptors (Lipinski definition) is 5. The van der Waals surface area contributed by atoms with E-state index in [4.69, 9.17) is 4.74 Å². The van der Waals surface area contributed by atoms with Crippen molar-refractivity contribution in [3.63, 3.8) is 0 Å². The predicted octanol–water partition coefficient (Wildman–Crippen LogP) is 2.91. The number of ether oxygens (including phenoxy) is 1. The molecule has 2 aromatic carbocycles. The number of benzene rings is 2. The van der Waals surface area contributed by atoms with Crippen molar-refractivity contribution in [3.8, 4) is 5.69 Å². The summed E-state index contributed by atoms with van der Waals surface area (Å²) in [6, 6.07) is 12.7. The molecule has 1 aliphatic heterocycles. The maximum absolute atomic E-state index is 13.8. The molecule has 1 amide bonds. The highest BCUT2D eigenvalue weighted by atomic mass is 32.2. The zero-order valence-electron chi connectivity index (χ0n) is 15.6. The SMILES string of the molecule is O=C(CSc1nc2ccccc2c(=O)n1-c1cccc(F)c1)NCC1CCCO1. The Labute approximate surface area is 171 Å². The van der Waals surface area contributed by atoms with E-state index in [1.807, 2.05) is 0 Å². The molecular weight excluding hydrogens is 393 g/mol. The summed E-state index contributed by atoms with van der Waals surface area (Å²) in [4.78, 5) is 29.9. The lowest BCUT2D eigenvalue weighted by atomic mass is 10.2. The monoisotopic (exact) mass is 413 g/mol. The Morgan fingerprint density at radius 2 is 2.14 bits per heavy atom. The van der Waals surface area contributed by atoms with Gasteiger partial charge in [-0.1, -0.05) is 30.0 Å². The van der Waals surface area contributed by atoms with E-state index >= 15 is 0 Å². The van der Waals surface area contributed by atoms with Crippen LogP contribution >= 0.6 is 11.8 Å². The van der Waals surface area contributed by atoms with Gasteiger partial charge < -0.3 is 10.1 Å². The molecule has 2 heterocycles. The van der Waals surface area contributed by atoms with Gasteiger partial charge in [-0.3, -0.25) is 14.2 Å². The summed E-state index contributed by atoms with van der Waals surface area (Å²) in [5.41, 5.74) is 0.603. The zero-order valence-corrected chi connectivity index (χ0v) is 16.5. The van der Waals surface area contributed by atoms with E-state index in [1.54, 1.807) is 30.3 Å². The topological polar surface area (TPSA) is 73.2 Å². The fourth-order valence-corrected chi connectivity index (χ4v) is 4.11. The minimum Gasteiger partial charge on any atom is -0.376 e. The van der Waals surface area contributed by atoms with Crippen molar-refractivity contribution in [1.29, 1.82) is 0 Å². The van der Waals surface area contributed by atoms with Crippen LogP contribution in [-0.2, 0) is 9.53 Å². The Morgan fingerprint density at radius 1 is 1.28 bits per heavy atom. The predicted molar refractivity (Wildman–Crippen MR) is 110 cm³/mol. The van der Waals surface area contributed by atoms with Crippen LogP contribution < -0.4 is 10.9 Å². The quantitative estimate of drug-likeness (QED) is 0.497. The highest BCUT2D eigenvalue weighted by molar-refractivity contribution is 7.99. The second kappa shape index (κ2) is 8.75. The summed E-state index contributed by atoms with van der Waals surface area (Å²) in [5, 5.41) is 3.63. The zero-order chi connectivity index (χ0) is 20.2. The Balaban J connectivity index is 1.61. The van der Waals surface area contributed by atoms with Crippen LogP contribution in [-0.4, -0.2) is 40.5 Å². The standard InChI is InChI=1S/C21H20FN3O3S/c22-14-5-3-6-15(11-14)25-20(27)17-8-1-2-9-18(17)24-21(25)29-13-19(26)23-12-16-7-4-10-28-16/h1-3,5-6,8-9,11,16H,4,7,10,12-13H2,(H,23,26). The number of rotatable bonds is 6. The molecular formula is C21H20FN3O3S. The van der Waals surface area contributed by atoms with Gasteiger partial charge in [0, 0.05) is 13.2 Å². The van der Waals surface area contributed by atoms with Gasteiger partial charge in [-0.05, 0) is 43.2 Å². The number of thioether (sulfide) groups is 1. The highest BCUT2D eigenvalue weighted by Crippen LogP contribution is 2.21. The smallest absolute Gasteiger partial charge is 0.266 e. The number of halogens is 1. The first kappa shape index (κ1) is 19.6. The van der Waals surface area contributed by atoms with Gasteiger partial charge in [0.1, 0.15) is 5.82 Å². The van der Waals surface area contributed by atoms with Gasteiger partial charge in [-0.15, -0.1) is 0 Å². The van der Waals surface area contributed by atoms with Crippen LogP contribution in [0.3, 0.4) is 0 Å². The molecule has 0 spiro atoms. The molecule has 8 heteroatoms. The number of hydrogen-bond donors (Lipinski definition) is 1. The van der Waals surface area contributed by atoms with Crippen LogP contribution in [0.2, 0.25) is 0 Å². The normalized spacial score (nSPS) is 16.2. The van der Waals surface area contributed by atoms with Gasteiger partial charge in [0.05, 0.1) is 28.4 Å². The van der Waals surface area contributed by atoms with E-state index in [0.717, 1.165) is 31.2 Å². The minimum absolute atomic E-state index is 0.0632. The largest absolute Gasteiger partial charge is 0.376 e. The van der Waals surface area contributed by atoms with Crippen LogP contribution in [0.5, 0.6) is 0 Å². The van der Waals surface area contributed by atoms with Crippen LogP contribution in [0.1, 0.15) is 12.8 Å². The number of carbonyl (C=O) groups is 1. The van der Waals surface area contributed by atoms with Crippen molar-refractivity contribution < 1.29 is 13.9 Å². The fraction of sp³-hybridized carbons (Fsp3) is 0.286. The van der Waals surface area contributed by atoms with Gasteiger partial charge >= 0.3 is 0 Å². The van der Waals surface area contributed by atoms with Gasteiger partial charge in [0.25, 0.3) is 5.56 Å². The first-order valence-corrected chi connectivity index (χ1v) is 10.4. The molecule has 1 fully saturated rings. The number of carbonyl (C=O) groups excluding carboxylic acids is 1. The van der Waals surface area contributed by atoms with Gasteiger partial charge in [0.2, 0.25) is 5.91 Å². The van der Waals surface area contributed by atoms with Crippen molar-refractivity contribution in [3.05, 3.63) is 64.7 Å². The number of amides is 1. The number of nitrogens with one attached hydrogen (secondary N) is 1. The lowest BCUT2D eigenvalue weighted by molar-refractivity contribution is -0.119. The van der Waals surface area contributed by atoms with Gasteiger partial charge in [-0.2, -0.15) is 0 Å². The highest BCUT2D eigenvalue weighted by Gasteiger charge is 2.18. The lowest BCUT2D eigenvalue weighted by Gasteiger charge is -2.14. The summed E-state index contributed by atoms with van der Waals surface area (Å²) in [6.07, 6.45) is 2.02. The summed E-state index contributed by atoms with van der Waals surface area (Å²) in [5.74, 6) is -0.529. The molecule has 1 aromatic heterocycles. The van der Waals surface area contributed by atoms with Crippen molar-refractivity contribution in [2.45, 2.75) is 24.1 Å². The van der Waals surface area contributed by atoms with Gasteiger partial charge in [0.15, 0.2) is 5.16 Å². The van der Waals surface area contributed by atoms with Crippen molar-refractivity contribution >= 4 is 28.6 Å². The van der Waals surface area contributed by atoms with E-state index in [0.29, 0.717) is 28.3 Å². The first-order chi connectivity index (χ1) is 14.1. The Morgan fingerprint density at radius 3 is 2.93 bits per heavy atom. The molecule has 150 valence electrons. The molecule has 0 radical (unpaired) electrons. The summed E-state index contributed by atoms with van der Waals surface area (Å²) in [7, 11) is 0. The molecule has 6 nitrogen and oxygen atoms in total. The molecule has 1 atom stereocenters. The minimum atomic E-state index is -0.451. The number of para-hydroxylation sites is 1. The number of nitrogens with zero attached hydrogens (tertiary/aromatic N) is 2. The Bertz CT molecular complexity index is 1100. The van der Waals surface area contributed by atoms with Crippen LogP contribution in [0, 0.1) is 5.82 Å². The molecule has 3 aromatic rings. The molecule has 29 heavy (non-hydrogen) atoms. The lowest BCUT2D eigenvalue weighted by Crippen LogP contribution is -2.33. The molecule has 1 N–H and O–H groups in total. The van der Waals surface area contributed by atoms with Crippen molar-refractivity contribution in [2.75, 3.05) is 18.9 Å². The molecule has 1 saturated heterocycles. The van der Waals surface area contributed by atoms with Crippen molar-refractivity contribution in [1.82, 2.24) is 14.9 Å². The number of aromatic nitrogens is 2. The molecule has 4 rings (SSSR count). The fourth-order valence-electron chi connectivity index (χ4n) is 3.27. The summed E-state index contributed by atoms with van der Waals surface area (Å²) in [6.45, 7) is 1.21. The second-order valence-corrected chi connectivity index (χ2v) is 7.70. The third-order valence-electron chi connectivity index (χ3n) is 4.69. The molecule has 1 unspecified atom stereocenters. The molecule has 1 aliphatic rings. The van der Waals surface area contributed by atoms with Gasteiger partial charge in [-0.25, -0.2) is 9.37 Å². The maximum atomic E-state index is 13.8. The second-order valence-electron chi connectivity index (χ2n) is 6.76. The first-order valence-electron chi connectivity index (χ1n) is 9.40. The average Bonchev–Trinajstić information content (AvgIpc) is 3.24. The van der Waals surface area contributed by atoms with E-state index < -0.39 is 5.82 Å². The van der Waals surface area contributed by atoms with Crippen LogP contribution in [0.25, 0.3) is 16.6 Å². The summed E-state index contributed by atoms with van der Waals surface area (Å²) < 4.78 is 20.6. The van der Waals surface area contributed by atoms with E-state index in [-0.39, 0.29) is 23.3 Å². The maximum Gasteiger partial charge on any atom is 0.266 e. The van der Waals surface area contributed by atoms with E-state index in [9.17, 15) is 14.0 Å². The van der Waals surface area contributed by atoms with E-state index in [2.05, 4.69) is 10.3 Å². The summed E-state index contributed by atoms with van der Waals surface area (Å²) >= 11 is 1.14. The van der Waals surface area contributed by atoms with Crippen LogP contribution in [0.4, 0.5) is 4.39 Å². The third kappa shape index (κ3) is 4.49. The molecule has 0 saturated carbocycles. The van der Waals surface area contributed by atoms with Crippen LogP contribution in [0.15, 0.2) is 58.5 Å². The Hall–Kier alpha value is -2.71. The average molecular weight is 413 g/mol. The molecule has 0 aliphatic carbocycles. The Kier molecular flexibility index (Phi) is 5.92. The third-order valence-corrected chi connectivity index (χ3v) is 5.63. The van der Waals surface area contributed by atoms with Crippen molar-refractivity contribution in [2.24, 2.45) is 0 Å². The van der Waals surface area contributed by atoms with E-state index in [1.165, 1.54) is 22.8 Å². The molecule has 0 bridgehead atoms. The number of fused-ring (bicyclic) bond motifs is 1.